The van der Waals surface area contributed by atoms with Crippen molar-refractivity contribution in [2.24, 2.45) is 0 Å². The minimum Gasteiger partial charge on any atom is -0.489 e. The minimum atomic E-state index is -0.745. The highest BCUT2D eigenvalue weighted by molar-refractivity contribution is 7.99. The predicted octanol–water partition coefficient (Wildman–Crippen LogP) is 5.56. The number of thioether (sulfide) groups is 1. The van der Waals surface area contributed by atoms with E-state index in [0.29, 0.717) is 28.4 Å². The van der Waals surface area contributed by atoms with Crippen molar-refractivity contribution in [1.82, 2.24) is 4.90 Å². The predicted molar refractivity (Wildman–Crippen MR) is 118 cm³/mol. The molecule has 4 nitrogen and oxygen atoms in total. The van der Waals surface area contributed by atoms with E-state index in [9.17, 15) is 4.79 Å². The van der Waals surface area contributed by atoms with Crippen LogP contribution in [0.4, 0.5) is 0 Å². The van der Waals surface area contributed by atoms with Gasteiger partial charge in [-0.25, -0.2) is 0 Å². The van der Waals surface area contributed by atoms with E-state index in [4.69, 9.17) is 33.0 Å². The van der Waals surface area contributed by atoms with Crippen LogP contribution in [0.15, 0.2) is 42.5 Å². The Morgan fingerprint density at radius 1 is 1.18 bits per heavy atom. The Morgan fingerprint density at radius 3 is 2.50 bits per heavy atom. The van der Waals surface area contributed by atoms with Gasteiger partial charge in [-0.2, -0.15) is 11.8 Å². The number of carboxylic acids is 1. The summed E-state index contributed by atoms with van der Waals surface area (Å²) in [5.74, 6) is 1.02. The highest BCUT2D eigenvalue weighted by atomic mass is 35.5. The molecule has 1 unspecified atom stereocenters. The summed E-state index contributed by atoms with van der Waals surface area (Å²) >= 11 is 14.3. The number of benzene rings is 2. The Morgan fingerprint density at radius 2 is 1.86 bits per heavy atom. The van der Waals surface area contributed by atoms with Gasteiger partial charge in [0.15, 0.2) is 0 Å². The Hall–Kier alpha value is -1.11. The van der Waals surface area contributed by atoms with Gasteiger partial charge < -0.3 is 14.7 Å². The molecule has 1 N–H and O–H groups in total. The summed E-state index contributed by atoms with van der Waals surface area (Å²) in [5, 5.41) is 10.4. The smallest absolute Gasteiger partial charge is 0.304 e. The average Bonchev–Trinajstić information content (AvgIpc) is 2.67. The third-order valence-corrected chi connectivity index (χ3v) is 6.44. The van der Waals surface area contributed by atoms with Crippen molar-refractivity contribution in [2.75, 3.05) is 25.4 Å². The van der Waals surface area contributed by atoms with Crippen LogP contribution >= 0.6 is 47.4 Å². The normalized spacial score (nSPS) is 17.0. The number of carboxylic acid groups (broad SMARTS) is 1. The van der Waals surface area contributed by atoms with E-state index in [1.54, 1.807) is 12.1 Å². The Bertz CT molecular complexity index is 769. The number of aliphatic carboxylic acids is 1. The van der Waals surface area contributed by atoms with Gasteiger partial charge in [-0.3, -0.25) is 4.79 Å². The summed E-state index contributed by atoms with van der Waals surface area (Å²) in [6.45, 7) is 2.73. The molecule has 2 aromatic carbocycles. The molecule has 0 radical (unpaired) electrons. The number of halogens is 3. The summed E-state index contributed by atoms with van der Waals surface area (Å²) in [6, 6.07) is 13.5. The molecule has 1 aliphatic rings. The lowest BCUT2D eigenvalue weighted by Gasteiger charge is -2.32. The molecular formula is C20H22Cl3NO3S. The maximum atomic E-state index is 10.8. The zero-order chi connectivity index (χ0) is 19.2. The van der Waals surface area contributed by atoms with Crippen LogP contribution in [0.1, 0.15) is 22.8 Å². The highest BCUT2D eigenvalue weighted by Gasteiger charge is 2.22. The Labute approximate surface area is 185 Å². The number of carbonyl (C=O) groups is 1. The third-order valence-electron chi connectivity index (χ3n) is 4.49. The fourth-order valence-corrected chi connectivity index (χ4v) is 4.79. The molecule has 0 spiro atoms. The van der Waals surface area contributed by atoms with Gasteiger partial charge >= 0.3 is 5.97 Å². The molecule has 152 valence electrons. The van der Waals surface area contributed by atoms with Crippen LogP contribution in [0, 0.1) is 0 Å². The van der Waals surface area contributed by atoms with Gasteiger partial charge in [0.2, 0.25) is 0 Å². The summed E-state index contributed by atoms with van der Waals surface area (Å²) < 4.78 is 5.83. The van der Waals surface area contributed by atoms with Crippen LogP contribution in [0.25, 0.3) is 0 Å². The van der Waals surface area contributed by atoms with Crippen molar-refractivity contribution in [3.63, 3.8) is 0 Å². The van der Waals surface area contributed by atoms with Gasteiger partial charge in [-0.15, -0.1) is 12.4 Å². The van der Waals surface area contributed by atoms with Crippen LogP contribution in [-0.4, -0.2) is 41.4 Å². The second-order valence-corrected chi connectivity index (χ2v) is 8.49. The lowest BCUT2D eigenvalue weighted by atomic mass is 10.1. The van der Waals surface area contributed by atoms with E-state index in [1.165, 1.54) is 5.56 Å². The highest BCUT2D eigenvalue weighted by Crippen LogP contribution is 2.34. The molecule has 0 bridgehead atoms. The Kier molecular flexibility index (Phi) is 9.25. The third kappa shape index (κ3) is 6.46. The second-order valence-electron chi connectivity index (χ2n) is 6.36. The zero-order valence-corrected chi connectivity index (χ0v) is 18.3. The summed E-state index contributed by atoms with van der Waals surface area (Å²) in [4.78, 5) is 13.0. The molecule has 1 fully saturated rings. The first-order valence-corrected chi connectivity index (χ1v) is 10.5. The number of hydrogen-bond donors (Lipinski definition) is 1. The molecule has 1 heterocycles. The topological polar surface area (TPSA) is 49.8 Å². The van der Waals surface area contributed by atoms with Crippen molar-refractivity contribution >= 4 is 53.3 Å². The number of rotatable bonds is 7. The fraction of sp³-hybridized carbons (Fsp3) is 0.350. The molecule has 0 amide bonds. The van der Waals surface area contributed by atoms with Crippen LogP contribution in [0.2, 0.25) is 10.0 Å². The van der Waals surface area contributed by atoms with E-state index >= 15 is 0 Å². The van der Waals surface area contributed by atoms with E-state index < -0.39 is 5.97 Å². The SMILES string of the molecule is Cl.O=C(O)CCN1CCSC(c2ccc(OCc3c(Cl)cccc3Cl)cc2)C1. The molecule has 0 saturated carbocycles. The minimum absolute atomic E-state index is 0. The van der Waals surface area contributed by atoms with Gasteiger partial charge in [-0.1, -0.05) is 41.4 Å². The first kappa shape index (κ1) is 23.2. The van der Waals surface area contributed by atoms with Crippen LogP contribution in [-0.2, 0) is 11.4 Å². The van der Waals surface area contributed by atoms with Gasteiger partial charge in [0.25, 0.3) is 0 Å². The molecular weight excluding hydrogens is 441 g/mol. The van der Waals surface area contributed by atoms with Crippen molar-refractivity contribution in [2.45, 2.75) is 18.3 Å². The average molecular weight is 463 g/mol. The quantitative estimate of drug-likeness (QED) is 0.584. The molecule has 28 heavy (non-hydrogen) atoms. The number of nitrogens with zero attached hydrogens (tertiary/aromatic N) is 1. The van der Waals surface area contributed by atoms with Crippen molar-refractivity contribution in [1.29, 1.82) is 0 Å². The molecule has 3 rings (SSSR count). The number of hydrogen-bond acceptors (Lipinski definition) is 4. The molecule has 1 aliphatic heterocycles. The summed E-state index contributed by atoms with van der Waals surface area (Å²) in [5.41, 5.74) is 2.00. The summed E-state index contributed by atoms with van der Waals surface area (Å²) in [6.07, 6.45) is 0.189. The Balaban J connectivity index is 0.00000280. The maximum Gasteiger partial charge on any atom is 0.304 e. The van der Waals surface area contributed by atoms with Crippen molar-refractivity contribution < 1.29 is 14.6 Å². The maximum absolute atomic E-state index is 10.8. The van der Waals surface area contributed by atoms with Gasteiger partial charge in [0.1, 0.15) is 12.4 Å². The largest absolute Gasteiger partial charge is 0.489 e. The van der Waals surface area contributed by atoms with Crippen molar-refractivity contribution in [3.8, 4) is 5.75 Å². The summed E-state index contributed by atoms with van der Waals surface area (Å²) in [7, 11) is 0. The number of ether oxygens (including phenoxy) is 1. The fourth-order valence-electron chi connectivity index (χ4n) is 2.97. The molecule has 1 atom stereocenters. The van der Waals surface area contributed by atoms with E-state index in [2.05, 4.69) is 17.0 Å². The second kappa shape index (κ2) is 11.2. The van der Waals surface area contributed by atoms with Crippen LogP contribution < -0.4 is 4.74 Å². The van der Waals surface area contributed by atoms with E-state index in [0.717, 1.165) is 30.2 Å². The van der Waals surface area contributed by atoms with E-state index in [-0.39, 0.29) is 18.8 Å². The van der Waals surface area contributed by atoms with Gasteiger partial charge in [0.05, 0.1) is 6.42 Å². The molecule has 1 saturated heterocycles. The lowest BCUT2D eigenvalue weighted by Crippen LogP contribution is -2.35. The standard InChI is InChI=1S/C20H21Cl2NO3S.ClH/c21-17-2-1-3-18(22)16(17)13-26-15-6-4-14(5-7-15)19-12-23(10-11-27-19)9-8-20(24)25;/h1-7,19H,8-13H2,(H,24,25);1H. The van der Waals surface area contributed by atoms with Gasteiger partial charge in [0, 0.05) is 46.2 Å². The first-order chi connectivity index (χ1) is 13.0. The van der Waals surface area contributed by atoms with E-state index in [1.807, 2.05) is 30.0 Å². The van der Waals surface area contributed by atoms with Crippen LogP contribution in [0.5, 0.6) is 5.75 Å². The van der Waals surface area contributed by atoms with Crippen molar-refractivity contribution in [3.05, 3.63) is 63.6 Å². The molecule has 0 aromatic heterocycles. The molecule has 2 aromatic rings. The molecule has 8 heteroatoms. The lowest BCUT2D eigenvalue weighted by molar-refractivity contribution is -0.137. The van der Waals surface area contributed by atoms with Gasteiger partial charge in [-0.05, 0) is 29.8 Å². The van der Waals surface area contributed by atoms with Crippen LogP contribution in [0.3, 0.4) is 0 Å². The zero-order valence-electron chi connectivity index (χ0n) is 15.1. The monoisotopic (exact) mass is 461 g/mol. The molecule has 0 aliphatic carbocycles. The first-order valence-electron chi connectivity index (χ1n) is 8.74.